The summed E-state index contributed by atoms with van der Waals surface area (Å²) >= 11 is 5.97. The molecule has 0 spiro atoms. The van der Waals surface area contributed by atoms with E-state index in [0.29, 0.717) is 53.6 Å². The summed E-state index contributed by atoms with van der Waals surface area (Å²) < 4.78 is 32.6. The first kappa shape index (κ1) is 21.5. The average molecular weight is 466 g/mol. The maximum Gasteiger partial charge on any atom is 0.265 e. The van der Waals surface area contributed by atoms with Crippen LogP contribution in [0, 0.1) is 6.92 Å². The Balaban J connectivity index is 1.46. The van der Waals surface area contributed by atoms with Crippen LogP contribution in [0.15, 0.2) is 41.3 Å². The van der Waals surface area contributed by atoms with Crippen LogP contribution < -0.4 is 10.2 Å². The van der Waals surface area contributed by atoms with E-state index in [1.54, 1.807) is 37.3 Å². The van der Waals surface area contributed by atoms with Crippen molar-refractivity contribution in [1.29, 1.82) is 0 Å². The van der Waals surface area contributed by atoms with Crippen molar-refractivity contribution in [2.45, 2.75) is 11.8 Å². The number of nitrogens with one attached hydrogen (secondary N) is 1. The molecule has 1 saturated heterocycles. The van der Waals surface area contributed by atoms with E-state index >= 15 is 0 Å². The molecule has 2 heterocycles. The number of benzene rings is 2. The molecule has 1 aromatic heterocycles. The molecule has 10 nitrogen and oxygen atoms in total. The van der Waals surface area contributed by atoms with Gasteiger partial charge in [-0.05, 0) is 48.0 Å². The lowest BCUT2D eigenvalue weighted by Crippen LogP contribution is -2.40. The molecule has 1 fully saturated rings. The van der Waals surface area contributed by atoms with Crippen molar-refractivity contribution >= 4 is 44.3 Å². The number of aryl methyl sites for hydroxylation is 1. The number of hydrogen-bond donors (Lipinski definition) is 1. The van der Waals surface area contributed by atoms with Gasteiger partial charge in [0, 0.05) is 23.8 Å². The highest BCUT2D eigenvalue weighted by Crippen LogP contribution is 2.24. The number of fused-ring (bicyclic) bond motifs is 1. The Hall–Kier alpha value is -2.73. The topological polar surface area (TPSA) is 116 Å². The van der Waals surface area contributed by atoms with Crippen LogP contribution >= 0.6 is 11.6 Å². The molecule has 0 aliphatic carbocycles. The number of anilines is 1. The summed E-state index contributed by atoms with van der Waals surface area (Å²) in [7, 11) is -3.69. The zero-order chi connectivity index (χ0) is 22.0. The van der Waals surface area contributed by atoms with Crippen molar-refractivity contribution in [2.75, 3.05) is 38.2 Å². The Morgan fingerprint density at radius 3 is 2.77 bits per heavy atom. The van der Waals surface area contributed by atoms with Crippen LogP contribution in [0.25, 0.3) is 11.0 Å². The first-order valence-electron chi connectivity index (χ1n) is 9.47. The molecule has 31 heavy (non-hydrogen) atoms. The second-order valence-electron chi connectivity index (χ2n) is 6.91. The van der Waals surface area contributed by atoms with Gasteiger partial charge in [0.1, 0.15) is 11.0 Å². The molecular weight excluding hydrogens is 446 g/mol. The summed E-state index contributed by atoms with van der Waals surface area (Å²) in [6, 6.07) is 9.72. The van der Waals surface area contributed by atoms with Crippen molar-refractivity contribution in [3.8, 4) is 0 Å². The Morgan fingerprint density at radius 1 is 1.23 bits per heavy atom. The maximum atomic E-state index is 13.0. The molecule has 12 heteroatoms. The van der Waals surface area contributed by atoms with E-state index in [9.17, 15) is 13.2 Å². The molecular formula is C19H20ClN5O5S. The summed E-state index contributed by atoms with van der Waals surface area (Å²) in [5, 5.41) is 10.9. The first-order valence-corrected chi connectivity index (χ1v) is 11.3. The molecule has 0 saturated carbocycles. The van der Waals surface area contributed by atoms with Crippen LogP contribution in [0.1, 0.15) is 5.56 Å². The Bertz CT molecular complexity index is 1220. The second kappa shape index (κ2) is 8.79. The van der Waals surface area contributed by atoms with Crippen molar-refractivity contribution in [3.63, 3.8) is 0 Å². The number of rotatable bonds is 6. The molecule has 0 unspecified atom stereocenters. The van der Waals surface area contributed by atoms with Gasteiger partial charge < -0.3 is 14.9 Å². The molecule has 0 atom stereocenters. The predicted molar refractivity (Wildman–Crippen MR) is 113 cm³/mol. The summed E-state index contributed by atoms with van der Waals surface area (Å²) in [5.41, 5.74) is 2.03. The highest BCUT2D eigenvalue weighted by Gasteiger charge is 2.28. The molecule has 164 valence electrons. The third-order valence-corrected chi connectivity index (χ3v) is 7.03. The van der Waals surface area contributed by atoms with Gasteiger partial charge in [0.25, 0.3) is 5.91 Å². The summed E-state index contributed by atoms with van der Waals surface area (Å²) in [6.07, 6.45) is 0. The third-order valence-electron chi connectivity index (χ3n) is 4.75. The quantitative estimate of drug-likeness (QED) is 0.586. The number of nitrogens with zero attached hydrogens (tertiary/aromatic N) is 4. The van der Waals surface area contributed by atoms with Crippen LogP contribution in [-0.2, 0) is 19.6 Å². The van der Waals surface area contributed by atoms with E-state index in [4.69, 9.17) is 21.2 Å². The minimum atomic E-state index is -3.69. The van der Waals surface area contributed by atoms with E-state index < -0.39 is 15.9 Å². The fourth-order valence-corrected chi connectivity index (χ4v) is 4.99. The van der Waals surface area contributed by atoms with Crippen LogP contribution in [0.2, 0.25) is 5.02 Å². The highest BCUT2D eigenvalue weighted by molar-refractivity contribution is 7.89. The Morgan fingerprint density at radius 2 is 2.00 bits per heavy atom. The molecule has 1 amide bonds. The van der Waals surface area contributed by atoms with Crippen LogP contribution in [-0.4, -0.2) is 66.7 Å². The van der Waals surface area contributed by atoms with Gasteiger partial charge in [0.2, 0.25) is 10.0 Å². The van der Waals surface area contributed by atoms with Gasteiger partial charge in [-0.15, -0.1) is 5.10 Å². The Kier molecular flexibility index (Phi) is 6.10. The van der Waals surface area contributed by atoms with Gasteiger partial charge in [-0.3, -0.25) is 4.79 Å². The van der Waals surface area contributed by atoms with E-state index in [1.807, 2.05) is 0 Å². The van der Waals surface area contributed by atoms with Crippen molar-refractivity contribution in [2.24, 2.45) is 0 Å². The van der Waals surface area contributed by atoms with E-state index in [2.05, 4.69) is 15.6 Å². The largest absolute Gasteiger partial charge is 0.385 e. The standard InChI is InChI=1S/C19H20ClN5O5S/c1-13-2-4-15(11-18(13)31(27,28)24-6-8-29-9-7-24)21-19(26)12-30-25-17-10-14(20)3-5-16(17)22-23-25/h2-5,10-11H,6-9,12H2,1H3,(H,21,26). The van der Waals surface area contributed by atoms with Crippen molar-refractivity contribution in [3.05, 3.63) is 47.0 Å². The lowest BCUT2D eigenvalue weighted by Gasteiger charge is -2.26. The molecule has 0 radical (unpaired) electrons. The van der Waals surface area contributed by atoms with Crippen LogP contribution in [0.5, 0.6) is 0 Å². The molecule has 3 aromatic rings. The number of hydrogen-bond acceptors (Lipinski definition) is 7. The fourth-order valence-electron chi connectivity index (χ4n) is 3.17. The maximum absolute atomic E-state index is 13.0. The van der Waals surface area contributed by atoms with Gasteiger partial charge in [-0.1, -0.05) is 22.5 Å². The number of carbonyl (C=O) groups is 1. The normalized spacial score (nSPS) is 15.2. The SMILES string of the molecule is Cc1ccc(NC(=O)COn2nnc3ccc(Cl)cc32)cc1S(=O)(=O)N1CCOCC1. The Labute approximate surface area is 183 Å². The number of halogens is 1. The van der Waals surface area contributed by atoms with Gasteiger partial charge in [-0.25, -0.2) is 8.42 Å². The summed E-state index contributed by atoms with van der Waals surface area (Å²) in [6.45, 7) is 2.65. The third kappa shape index (κ3) is 4.64. The highest BCUT2D eigenvalue weighted by atomic mass is 35.5. The molecule has 1 aliphatic heterocycles. The van der Waals surface area contributed by atoms with Crippen molar-refractivity contribution in [1.82, 2.24) is 19.5 Å². The number of ether oxygens (including phenoxy) is 1. The predicted octanol–water partition coefficient (Wildman–Crippen LogP) is 1.48. The van der Waals surface area contributed by atoms with Gasteiger partial charge >= 0.3 is 0 Å². The lowest BCUT2D eigenvalue weighted by molar-refractivity contribution is -0.121. The number of aromatic nitrogens is 3. The molecule has 1 N–H and O–H groups in total. The zero-order valence-corrected chi connectivity index (χ0v) is 18.2. The van der Waals surface area contributed by atoms with Crippen LogP contribution in [0.4, 0.5) is 5.69 Å². The molecule has 0 bridgehead atoms. The molecule has 1 aliphatic rings. The van der Waals surface area contributed by atoms with E-state index in [-0.39, 0.29) is 11.5 Å². The smallest absolute Gasteiger partial charge is 0.265 e. The minimum Gasteiger partial charge on any atom is -0.385 e. The minimum absolute atomic E-state index is 0.144. The number of amides is 1. The number of morpholine rings is 1. The lowest BCUT2D eigenvalue weighted by atomic mass is 10.2. The van der Waals surface area contributed by atoms with E-state index in [0.717, 1.165) is 4.85 Å². The zero-order valence-electron chi connectivity index (χ0n) is 16.6. The monoisotopic (exact) mass is 465 g/mol. The molecule has 2 aromatic carbocycles. The van der Waals surface area contributed by atoms with Crippen LogP contribution in [0.3, 0.4) is 0 Å². The first-order chi connectivity index (χ1) is 14.8. The average Bonchev–Trinajstić information content (AvgIpc) is 3.16. The fraction of sp³-hybridized carbons (Fsp3) is 0.316. The summed E-state index contributed by atoms with van der Waals surface area (Å²) in [5.74, 6) is -0.482. The van der Waals surface area contributed by atoms with Gasteiger partial charge in [0.05, 0.1) is 18.1 Å². The number of carbonyl (C=O) groups excluding carboxylic acids is 1. The van der Waals surface area contributed by atoms with E-state index in [1.165, 1.54) is 10.4 Å². The van der Waals surface area contributed by atoms with Gasteiger partial charge in [0.15, 0.2) is 6.61 Å². The van der Waals surface area contributed by atoms with Gasteiger partial charge in [-0.2, -0.15) is 4.31 Å². The number of sulfonamides is 1. The molecule has 4 rings (SSSR count). The second-order valence-corrected chi connectivity index (χ2v) is 9.26. The summed E-state index contributed by atoms with van der Waals surface area (Å²) in [4.78, 5) is 19.0. The van der Waals surface area contributed by atoms with Crippen molar-refractivity contribution < 1.29 is 22.8 Å².